The van der Waals surface area contributed by atoms with E-state index in [1.54, 1.807) is 42.5 Å². The molecule has 2 aromatic carbocycles. The molecule has 2 amide bonds. The van der Waals surface area contributed by atoms with E-state index in [1.165, 1.54) is 12.0 Å². The molecule has 0 aromatic heterocycles. The van der Waals surface area contributed by atoms with Gasteiger partial charge in [0.1, 0.15) is 5.75 Å². The highest BCUT2D eigenvalue weighted by Crippen LogP contribution is 2.27. The van der Waals surface area contributed by atoms with E-state index in [4.69, 9.17) is 4.74 Å². The van der Waals surface area contributed by atoms with Crippen molar-refractivity contribution in [2.45, 2.75) is 6.42 Å². The predicted molar refractivity (Wildman–Crippen MR) is 97.4 cm³/mol. The van der Waals surface area contributed by atoms with Gasteiger partial charge in [-0.05, 0) is 52.7 Å². The first-order chi connectivity index (χ1) is 12.5. The molecule has 0 bridgehead atoms. The molecule has 0 N–H and O–H groups in total. The fraction of sp³-hybridized carbons (Fsp3) is 0.211. The molecular formula is C19H16BrNO5. The number of hydrogen-bond acceptors (Lipinski definition) is 5. The van der Waals surface area contributed by atoms with Crippen LogP contribution < -0.4 is 4.74 Å². The lowest BCUT2D eigenvalue weighted by Crippen LogP contribution is -2.31. The molecule has 0 radical (unpaired) electrons. The summed E-state index contributed by atoms with van der Waals surface area (Å²) >= 11 is 3.35. The number of benzene rings is 2. The van der Waals surface area contributed by atoms with Crippen LogP contribution in [0.4, 0.5) is 0 Å². The van der Waals surface area contributed by atoms with E-state index in [-0.39, 0.29) is 18.4 Å². The van der Waals surface area contributed by atoms with Crippen LogP contribution in [0.15, 0.2) is 46.9 Å². The summed E-state index contributed by atoms with van der Waals surface area (Å²) in [6.45, 7) is 0.605. The van der Waals surface area contributed by atoms with Crippen LogP contribution in [0.3, 0.4) is 0 Å². The summed E-state index contributed by atoms with van der Waals surface area (Å²) in [5.41, 5.74) is 1.30. The maximum atomic E-state index is 12.3. The number of nitrogens with zero attached hydrogens (tertiary/aromatic N) is 1. The summed E-state index contributed by atoms with van der Waals surface area (Å²) in [5.74, 6) is -0.397. The molecule has 2 aromatic rings. The number of fused-ring (bicyclic) bond motifs is 1. The molecule has 0 fully saturated rings. The molecule has 0 spiro atoms. The Hall–Kier alpha value is -2.67. The van der Waals surface area contributed by atoms with Crippen LogP contribution in [0.25, 0.3) is 0 Å². The summed E-state index contributed by atoms with van der Waals surface area (Å²) in [7, 11) is 1.32. The van der Waals surface area contributed by atoms with Gasteiger partial charge in [-0.3, -0.25) is 14.5 Å². The zero-order chi connectivity index (χ0) is 18.7. The summed E-state index contributed by atoms with van der Waals surface area (Å²) in [5, 5.41) is 0. The number of carbonyl (C=O) groups is 3. The van der Waals surface area contributed by atoms with Gasteiger partial charge >= 0.3 is 5.97 Å². The Morgan fingerprint density at radius 3 is 2.31 bits per heavy atom. The quantitative estimate of drug-likeness (QED) is 0.409. The standard InChI is InChI=1S/C19H16BrNO5/c1-25-19(24)12-7-8-16(15(20)11-12)26-10-4-9-21-17(22)13-5-2-3-6-14(13)18(21)23/h2-3,5-8,11H,4,9-10H2,1H3. The van der Waals surface area contributed by atoms with Gasteiger partial charge in [-0.25, -0.2) is 4.79 Å². The molecule has 0 saturated heterocycles. The van der Waals surface area contributed by atoms with E-state index >= 15 is 0 Å². The molecule has 1 aliphatic heterocycles. The Morgan fingerprint density at radius 1 is 1.08 bits per heavy atom. The highest BCUT2D eigenvalue weighted by Gasteiger charge is 2.34. The SMILES string of the molecule is COC(=O)c1ccc(OCCCN2C(=O)c3ccccc3C2=O)c(Br)c1. The Kier molecular flexibility index (Phi) is 5.37. The van der Waals surface area contributed by atoms with Gasteiger partial charge in [0.2, 0.25) is 0 Å². The molecule has 1 aliphatic rings. The monoisotopic (exact) mass is 417 g/mol. The first-order valence-electron chi connectivity index (χ1n) is 7.99. The normalized spacial score (nSPS) is 12.9. The molecular weight excluding hydrogens is 402 g/mol. The van der Waals surface area contributed by atoms with Crippen LogP contribution >= 0.6 is 15.9 Å². The Balaban J connectivity index is 1.55. The lowest BCUT2D eigenvalue weighted by Gasteiger charge is -2.14. The van der Waals surface area contributed by atoms with Crippen molar-refractivity contribution in [3.63, 3.8) is 0 Å². The summed E-state index contributed by atoms with van der Waals surface area (Å²) in [4.78, 5) is 37.3. The third-order valence-corrected chi connectivity index (χ3v) is 4.63. The first-order valence-corrected chi connectivity index (χ1v) is 8.78. The lowest BCUT2D eigenvalue weighted by atomic mass is 10.1. The predicted octanol–water partition coefficient (Wildman–Crippen LogP) is 3.30. The number of esters is 1. The number of ether oxygens (including phenoxy) is 2. The van der Waals surface area contributed by atoms with Crippen molar-refractivity contribution in [2.24, 2.45) is 0 Å². The second-order valence-electron chi connectivity index (χ2n) is 5.65. The maximum Gasteiger partial charge on any atom is 0.337 e. The van der Waals surface area contributed by atoms with E-state index in [1.807, 2.05) is 0 Å². The van der Waals surface area contributed by atoms with Crippen molar-refractivity contribution < 1.29 is 23.9 Å². The zero-order valence-electron chi connectivity index (χ0n) is 14.0. The lowest BCUT2D eigenvalue weighted by molar-refractivity contribution is 0.0598. The van der Waals surface area contributed by atoms with Crippen LogP contribution in [-0.2, 0) is 4.74 Å². The van der Waals surface area contributed by atoms with Crippen molar-refractivity contribution in [1.82, 2.24) is 4.90 Å². The molecule has 26 heavy (non-hydrogen) atoms. The summed E-state index contributed by atoms with van der Waals surface area (Å²) < 4.78 is 11.0. The molecule has 0 atom stereocenters. The minimum Gasteiger partial charge on any atom is -0.492 e. The molecule has 1 heterocycles. The highest BCUT2D eigenvalue weighted by atomic mass is 79.9. The number of hydrogen-bond donors (Lipinski definition) is 0. The molecule has 0 aliphatic carbocycles. The molecule has 134 valence electrons. The van der Waals surface area contributed by atoms with Gasteiger partial charge in [0.15, 0.2) is 0 Å². The Labute approximate surface area is 158 Å². The Bertz CT molecular complexity index is 845. The number of imide groups is 1. The van der Waals surface area contributed by atoms with Gasteiger partial charge in [-0.2, -0.15) is 0 Å². The summed E-state index contributed by atoms with van der Waals surface area (Å²) in [6, 6.07) is 11.7. The smallest absolute Gasteiger partial charge is 0.337 e. The van der Waals surface area contributed by atoms with Crippen LogP contribution in [-0.4, -0.2) is 42.9 Å². The second-order valence-corrected chi connectivity index (χ2v) is 6.50. The maximum absolute atomic E-state index is 12.3. The average molecular weight is 418 g/mol. The number of methoxy groups -OCH3 is 1. The van der Waals surface area contributed by atoms with Gasteiger partial charge in [-0.15, -0.1) is 0 Å². The average Bonchev–Trinajstić information content (AvgIpc) is 2.90. The van der Waals surface area contributed by atoms with Crippen molar-refractivity contribution in [1.29, 1.82) is 0 Å². The second kappa shape index (κ2) is 7.70. The van der Waals surface area contributed by atoms with Crippen LogP contribution in [0.1, 0.15) is 37.5 Å². The topological polar surface area (TPSA) is 72.9 Å². The molecule has 3 rings (SSSR count). The van der Waals surface area contributed by atoms with Gasteiger partial charge < -0.3 is 9.47 Å². The van der Waals surface area contributed by atoms with E-state index in [0.717, 1.165) is 0 Å². The number of carbonyl (C=O) groups excluding carboxylic acids is 3. The van der Waals surface area contributed by atoms with E-state index in [0.29, 0.717) is 39.9 Å². The van der Waals surface area contributed by atoms with E-state index in [9.17, 15) is 14.4 Å². The first kappa shape index (κ1) is 18.1. The largest absolute Gasteiger partial charge is 0.492 e. The fourth-order valence-corrected chi connectivity index (χ4v) is 3.20. The molecule has 0 saturated carbocycles. The van der Waals surface area contributed by atoms with Crippen molar-refractivity contribution in [3.8, 4) is 5.75 Å². The number of amides is 2. The third kappa shape index (κ3) is 3.48. The van der Waals surface area contributed by atoms with Crippen molar-refractivity contribution >= 4 is 33.7 Å². The minimum absolute atomic E-state index is 0.269. The number of rotatable bonds is 6. The molecule has 7 heteroatoms. The van der Waals surface area contributed by atoms with E-state index < -0.39 is 5.97 Å². The van der Waals surface area contributed by atoms with Gasteiger partial charge in [0.25, 0.3) is 11.8 Å². The van der Waals surface area contributed by atoms with Crippen LogP contribution in [0.2, 0.25) is 0 Å². The number of halogens is 1. The van der Waals surface area contributed by atoms with Crippen molar-refractivity contribution in [2.75, 3.05) is 20.3 Å². The van der Waals surface area contributed by atoms with Gasteiger partial charge in [0.05, 0.1) is 34.9 Å². The van der Waals surface area contributed by atoms with Crippen molar-refractivity contribution in [3.05, 3.63) is 63.6 Å². The zero-order valence-corrected chi connectivity index (χ0v) is 15.6. The van der Waals surface area contributed by atoms with E-state index in [2.05, 4.69) is 20.7 Å². The minimum atomic E-state index is -0.428. The van der Waals surface area contributed by atoms with Gasteiger partial charge in [-0.1, -0.05) is 12.1 Å². The van der Waals surface area contributed by atoms with Crippen LogP contribution in [0.5, 0.6) is 5.75 Å². The third-order valence-electron chi connectivity index (χ3n) is 4.01. The van der Waals surface area contributed by atoms with Gasteiger partial charge in [0, 0.05) is 6.54 Å². The molecule has 6 nitrogen and oxygen atoms in total. The fourth-order valence-electron chi connectivity index (χ4n) is 2.71. The summed E-state index contributed by atoms with van der Waals surface area (Å²) in [6.07, 6.45) is 0.497. The molecule has 0 unspecified atom stereocenters. The Morgan fingerprint density at radius 2 is 1.73 bits per heavy atom. The highest BCUT2D eigenvalue weighted by molar-refractivity contribution is 9.10. The van der Waals surface area contributed by atoms with Crippen LogP contribution in [0, 0.1) is 0 Å².